The van der Waals surface area contributed by atoms with Crippen LogP contribution in [0.25, 0.3) is 0 Å². The Kier molecular flexibility index (Phi) is 26.2. The minimum absolute atomic E-state index is 0.0183. The molecule has 4 aliphatic heterocycles. The van der Waals surface area contributed by atoms with Gasteiger partial charge in [-0.1, -0.05) is 65.2 Å². The molecule has 0 atom stereocenters. The molecule has 0 aromatic heterocycles. The highest BCUT2D eigenvalue weighted by atomic mass is 16.6. The number of carbonyl (C=O) groups is 6. The van der Waals surface area contributed by atoms with Gasteiger partial charge in [0.15, 0.2) is 10.8 Å². The Morgan fingerprint density at radius 3 is 0.733 bits per heavy atom. The molecule has 0 spiro atoms. The first kappa shape index (κ1) is 75.0. The van der Waals surface area contributed by atoms with E-state index in [0.29, 0.717) is 38.5 Å². The van der Waals surface area contributed by atoms with Crippen LogP contribution in [0.4, 0.5) is 0 Å². The first-order valence-electron chi connectivity index (χ1n) is 32.6. The van der Waals surface area contributed by atoms with Crippen molar-refractivity contribution in [3.63, 3.8) is 0 Å². The summed E-state index contributed by atoms with van der Waals surface area (Å²) in [4.78, 5) is 84.5. The zero-order chi connectivity index (χ0) is 65.1. The highest BCUT2D eigenvalue weighted by Crippen LogP contribution is 2.46. The van der Waals surface area contributed by atoms with Crippen LogP contribution in [0, 0.1) is 10.8 Å². The molecule has 494 valence electrons. The summed E-state index contributed by atoms with van der Waals surface area (Å²) in [6.07, 6.45) is 7.69. The average Bonchev–Trinajstić information content (AvgIpc) is 1.38. The Hall–Kier alpha value is -3.50. The second-order valence-electron chi connectivity index (χ2n) is 31.1. The van der Waals surface area contributed by atoms with Crippen molar-refractivity contribution in [2.24, 2.45) is 10.8 Å². The van der Waals surface area contributed by atoms with Crippen molar-refractivity contribution in [3.8, 4) is 0 Å². The molecule has 0 aliphatic carbocycles. The standard InChI is InChI=1S/C66H114N4O16/c1-19-21-33-65(53(73)83-47-39-57(3,4)67(77)58(5,6)40-47,54(74)84-48-41-59(7,8)68(78)60(9,10)42-48)35-29-37-81-51(71)31-27-25-23-24-26-28-32-52(72)82-38-30-36-66(34-22-20-2,55(75)85-49-43-61(11,12)69(79)62(13,14)44-49)56(76)86-50-45-63(15,16)70(80)64(17,18)46-50/h47-50H,19-46H2,1-18H3. The quantitative estimate of drug-likeness (QED) is 0.0271. The van der Waals surface area contributed by atoms with E-state index >= 15 is 0 Å². The summed E-state index contributed by atoms with van der Waals surface area (Å²) in [6, 6.07) is 0. The summed E-state index contributed by atoms with van der Waals surface area (Å²) < 4.78 is 36.3. The fourth-order valence-corrected chi connectivity index (χ4v) is 14.8. The van der Waals surface area contributed by atoms with Crippen molar-refractivity contribution in [3.05, 3.63) is 0 Å². The molecule has 0 N–H and O–H groups in total. The summed E-state index contributed by atoms with van der Waals surface area (Å²) in [5.41, 5.74) is -9.98. The van der Waals surface area contributed by atoms with Gasteiger partial charge in [0.25, 0.3) is 0 Å². The number of unbranched alkanes of at least 4 members (excludes halogenated alkanes) is 7. The van der Waals surface area contributed by atoms with Gasteiger partial charge < -0.3 is 28.4 Å². The van der Waals surface area contributed by atoms with Crippen LogP contribution in [-0.2, 0) is 78.0 Å². The van der Waals surface area contributed by atoms with Gasteiger partial charge in [-0.05, 0) is 162 Å². The van der Waals surface area contributed by atoms with Crippen LogP contribution >= 0.6 is 0 Å². The van der Waals surface area contributed by atoms with E-state index in [2.05, 4.69) is 0 Å². The maximum atomic E-state index is 14.6. The van der Waals surface area contributed by atoms with E-state index in [4.69, 9.17) is 28.4 Å². The maximum Gasteiger partial charge on any atom is 0.323 e. The predicted molar refractivity (Wildman–Crippen MR) is 320 cm³/mol. The van der Waals surface area contributed by atoms with Gasteiger partial charge in [-0.15, -0.1) is 41.1 Å². The Labute approximate surface area is 516 Å². The van der Waals surface area contributed by atoms with Gasteiger partial charge >= 0.3 is 35.8 Å². The molecule has 4 heterocycles. The van der Waals surface area contributed by atoms with E-state index < -0.39 is 103 Å². The number of hydrogen-bond donors (Lipinski definition) is 0. The molecule has 0 bridgehead atoms. The topological polar surface area (TPSA) is 250 Å². The SMILES string of the molecule is CCCCC(CCCOC(=O)CCCCCCCCC(=O)OCCCC(CCCC)(C(=O)OC1CC(C)(C)N([O])C(C)(C)C1)C(=O)OC1CC(C)(C)N([O])C(C)(C)C1)(C(=O)OC1CC(C)(C)N([O])C(C)(C)C1)C(=O)OC1CC(C)(C)N([O])C(C)(C)C1. The molecule has 4 fully saturated rings. The Morgan fingerprint density at radius 1 is 0.326 bits per heavy atom. The van der Waals surface area contributed by atoms with Gasteiger partial charge in [-0.2, -0.15) is 0 Å². The van der Waals surface area contributed by atoms with Crippen molar-refractivity contribution in [2.45, 2.75) is 360 Å². The predicted octanol–water partition coefficient (Wildman–Crippen LogP) is 12.7. The van der Waals surface area contributed by atoms with Gasteiger partial charge in [-0.25, -0.2) is 0 Å². The molecule has 4 rings (SSSR count). The van der Waals surface area contributed by atoms with Crippen molar-refractivity contribution in [2.75, 3.05) is 13.2 Å². The van der Waals surface area contributed by atoms with E-state index in [-0.39, 0.29) is 128 Å². The molecule has 86 heavy (non-hydrogen) atoms. The number of piperidine rings is 4. The van der Waals surface area contributed by atoms with Crippen LogP contribution in [0.15, 0.2) is 0 Å². The summed E-state index contributed by atoms with van der Waals surface area (Å²) in [6.45, 7) is 32.9. The van der Waals surface area contributed by atoms with Gasteiger partial charge in [0, 0.05) is 109 Å². The third kappa shape index (κ3) is 19.5. The monoisotopic (exact) mass is 1220 g/mol. The van der Waals surface area contributed by atoms with E-state index in [1.54, 1.807) is 0 Å². The average molecular weight is 1220 g/mol. The highest BCUT2D eigenvalue weighted by Gasteiger charge is 2.57. The number of carbonyl (C=O) groups excluding carboxylic acids is 6. The number of nitrogens with zero attached hydrogens (tertiary/aromatic N) is 4. The molecule has 20 heteroatoms. The molecule has 20 nitrogen and oxygen atoms in total. The Bertz CT molecular complexity index is 1920. The normalized spacial score (nSPS) is 22.8. The number of esters is 6. The van der Waals surface area contributed by atoms with Gasteiger partial charge in [0.05, 0.1) is 13.2 Å². The first-order chi connectivity index (χ1) is 39.6. The largest absolute Gasteiger partial charge is 0.466 e. The molecule has 4 saturated heterocycles. The van der Waals surface area contributed by atoms with Crippen LogP contribution in [0.1, 0.15) is 292 Å². The Morgan fingerprint density at radius 2 is 0.523 bits per heavy atom. The maximum absolute atomic E-state index is 14.6. The molecular formula is C66H114N4O16. The van der Waals surface area contributed by atoms with E-state index in [1.165, 1.54) is 0 Å². The van der Waals surface area contributed by atoms with Crippen LogP contribution in [0.2, 0.25) is 0 Å². The Balaban J connectivity index is 1.28. The van der Waals surface area contributed by atoms with Gasteiger partial charge in [0.2, 0.25) is 0 Å². The van der Waals surface area contributed by atoms with E-state index in [9.17, 15) is 49.6 Å². The van der Waals surface area contributed by atoms with Gasteiger partial charge in [0.1, 0.15) is 24.4 Å². The van der Waals surface area contributed by atoms with Crippen molar-refractivity contribution in [1.82, 2.24) is 20.3 Å². The minimum Gasteiger partial charge on any atom is -0.466 e. The molecule has 0 aromatic rings. The molecule has 4 aliphatic rings. The number of hydrogen-bond acceptors (Lipinski definition) is 16. The van der Waals surface area contributed by atoms with Crippen LogP contribution in [0.5, 0.6) is 0 Å². The number of rotatable bonds is 31. The fourth-order valence-electron chi connectivity index (χ4n) is 14.8. The molecule has 0 saturated carbocycles. The molecule has 0 aromatic carbocycles. The van der Waals surface area contributed by atoms with Crippen LogP contribution in [0.3, 0.4) is 0 Å². The molecule has 4 radical (unpaired) electrons. The number of ether oxygens (including phenoxy) is 6. The lowest BCUT2D eigenvalue weighted by Crippen LogP contribution is -2.61. The summed E-state index contributed by atoms with van der Waals surface area (Å²) in [7, 11) is 0. The molecule has 0 unspecified atom stereocenters. The second kappa shape index (κ2) is 30.1. The van der Waals surface area contributed by atoms with E-state index in [0.717, 1.165) is 45.9 Å². The summed E-state index contributed by atoms with van der Waals surface area (Å²) in [5, 5.41) is 57.0. The third-order valence-electron chi connectivity index (χ3n) is 18.8. The molecule has 0 amide bonds. The first-order valence-corrected chi connectivity index (χ1v) is 32.6. The second-order valence-corrected chi connectivity index (χ2v) is 31.1. The molecular weight excluding hydrogens is 1100 g/mol. The van der Waals surface area contributed by atoms with Crippen molar-refractivity contribution in [1.29, 1.82) is 0 Å². The highest BCUT2D eigenvalue weighted by molar-refractivity contribution is 6.01. The zero-order valence-corrected chi connectivity index (χ0v) is 56.4. The van der Waals surface area contributed by atoms with Crippen molar-refractivity contribution >= 4 is 35.8 Å². The minimum atomic E-state index is -1.70. The summed E-state index contributed by atoms with van der Waals surface area (Å²) >= 11 is 0. The fraction of sp³-hybridized carbons (Fsp3) is 0.909. The number of hydroxylamine groups is 8. The third-order valence-corrected chi connectivity index (χ3v) is 18.8. The lowest BCUT2D eigenvalue weighted by Gasteiger charge is -2.50. The smallest absolute Gasteiger partial charge is 0.323 e. The van der Waals surface area contributed by atoms with Crippen LogP contribution < -0.4 is 0 Å². The zero-order valence-electron chi connectivity index (χ0n) is 56.4. The lowest BCUT2D eigenvalue weighted by atomic mass is 9.77. The lowest BCUT2D eigenvalue weighted by molar-refractivity contribution is -0.301. The van der Waals surface area contributed by atoms with Crippen molar-refractivity contribution < 1.29 is 78.0 Å². The van der Waals surface area contributed by atoms with Gasteiger partial charge in [-0.3, -0.25) is 28.8 Å². The summed E-state index contributed by atoms with van der Waals surface area (Å²) in [5.74, 6) is -3.61. The van der Waals surface area contributed by atoms with Crippen LogP contribution in [-0.4, -0.2) is 138 Å². The van der Waals surface area contributed by atoms with E-state index in [1.807, 2.05) is 125 Å².